The van der Waals surface area contributed by atoms with Crippen molar-refractivity contribution < 1.29 is 0 Å². The molecule has 228 valence electrons. The van der Waals surface area contributed by atoms with E-state index in [4.69, 9.17) is 0 Å². The van der Waals surface area contributed by atoms with Crippen LogP contribution in [0, 0.1) is 30.2 Å². The number of anilines is 3. The maximum atomic E-state index is 3.43. The van der Waals surface area contributed by atoms with Crippen molar-refractivity contribution in [3.05, 3.63) is 205 Å². The van der Waals surface area contributed by atoms with Crippen molar-refractivity contribution in [1.82, 2.24) is 0 Å². The van der Waals surface area contributed by atoms with Crippen molar-refractivity contribution in [2.75, 3.05) is 4.90 Å². The fraction of sp³-hybridized carbons (Fsp3) is 0.106. The minimum absolute atomic E-state index is 0.283. The van der Waals surface area contributed by atoms with Crippen LogP contribution in [0.1, 0.15) is 41.9 Å². The molecule has 0 heterocycles. The fourth-order valence-corrected chi connectivity index (χ4v) is 7.16. The lowest BCUT2D eigenvalue weighted by atomic mass is 9.81. The molecule has 48 heavy (non-hydrogen) atoms. The van der Waals surface area contributed by atoms with Crippen molar-refractivity contribution in [1.29, 1.82) is 0 Å². The van der Waals surface area contributed by atoms with Crippen molar-refractivity contribution in [3.8, 4) is 0 Å². The Morgan fingerprint density at radius 1 is 0.646 bits per heavy atom. The number of nitrogens with zero attached hydrogens (tertiary/aromatic N) is 1. The highest BCUT2D eigenvalue weighted by molar-refractivity contribution is 5.98. The maximum absolute atomic E-state index is 3.43. The van der Waals surface area contributed by atoms with Gasteiger partial charge in [-0.3, -0.25) is 0 Å². The SMILES string of the molecule is c1cccc(C(CCC2C=CC(c3ccc(N(c4ccccc4)c4cccc5c#cccc45)cc3)=CC2)c2cccc3ccccc23)c#1. The molecule has 1 nitrogen and oxygen atoms in total. The van der Waals surface area contributed by atoms with Gasteiger partial charge in [-0.25, -0.2) is 0 Å². The largest absolute Gasteiger partial charge is 0.310 e. The second kappa shape index (κ2) is 13.4. The van der Waals surface area contributed by atoms with Crippen LogP contribution in [0.3, 0.4) is 0 Å². The molecule has 1 heteroatoms. The zero-order chi connectivity index (χ0) is 32.1. The second-order valence-corrected chi connectivity index (χ2v) is 12.5. The van der Waals surface area contributed by atoms with E-state index >= 15 is 0 Å². The van der Waals surface area contributed by atoms with Crippen LogP contribution in [-0.4, -0.2) is 0 Å². The molecule has 0 saturated carbocycles. The van der Waals surface area contributed by atoms with Gasteiger partial charge in [0.2, 0.25) is 0 Å². The summed E-state index contributed by atoms with van der Waals surface area (Å²) in [6.07, 6.45) is 10.4. The number of allylic oxidation sites excluding steroid dienone is 4. The first-order chi connectivity index (χ1) is 23.8. The molecule has 8 rings (SSSR count). The molecule has 0 fully saturated rings. The van der Waals surface area contributed by atoms with Gasteiger partial charge in [0.15, 0.2) is 0 Å². The quantitative estimate of drug-likeness (QED) is 0.157. The number of hydrogen-bond donors (Lipinski definition) is 0. The summed E-state index contributed by atoms with van der Waals surface area (Å²) in [6, 6.07) is 64.7. The molecule has 0 N–H and O–H groups in total. The van der Waals surface area contributed by atoms with Crippen LogP contribution in [0.2, 0.25) is 0 Å². The Labute approximate surface area is 284 Å². The van der Waals surface area contributed by atoms with Crippen molar-refractivity contribution >= 4 is 44.2 Å². The lowest BCUT2D eigenvalue weighted by Gasteiger charge is -2.27. The van der Waals surface area contributed by atoms with Crippen molar-refractivity contribution in [3.63, 3.8) is 0 Å². The van der Waals surface area contributed by atoms with E-state index in [0.717, 1.165) is 47.1 Å². The summed E-state index contributed by atoms with van der Waals surface area (Å²) in [7, 11) is 0. The third kappa shape index (κ3) is 5.96. The molecule has 0 bridgehead atoms. The van der Waals surface area contributed by atoms with E-state index in [1.807, 2.05) is 12.1 Å². The highest BCUT2D eigenvalue weighted by Crippen LogP contribution is 2.40. The Hall–Kier alpha value is -6.02. The second-order valence-electron chi connectivity index (χ2n) is 12.5. The lowest BCUT2D eigenvalue weighted by Crippen LogP contribution is -2.10. The van der Waals surface area contributed by atoms with E-state index in [1.54, 1.807) is 0 Å². The molecule has 2 atom stereocenters. The van der Waals surface area contributed by atoms with Gasteiger partial charge in [0.25, 0.3) is 0 Å². The molecule has 0 saturated heterocycles. The summed E-state index contributed by atoms with van der Waals surface area (Å²) in [5.41, 5.74) is 8.50. The van der Waals surface area contributed by atoms with E-state index in [9.17, 15) is 0 Å². The van der Waals surface area contributed by atoms with Crippen molar-refractivity contribution in [2.45, 2.75) is 25.2 Å². The summed E-state index contributed by atoms with van der Waals surface area (Å²) in [5, 5.41) is 4.83. The predicted octanol–water partition coefficient (Wildman–Crippen LogP) is 12.2. The number of fused-ring (bicyclic) bond motifs is 2. The number of benzene rings is 5. The number of rotatable bonds is 9. The highest BCUT2D eigenvalue weighted by Gasteiger charge is 2.20. The Morgan fingerprint density at radius 3 is 2.27 bits per heavy atom. The highest BCUT2D eigenvalue weighted by atomic mass is 15.1. The van der Waals surface area contributed by atoms with Crippen LogP contribution in [0.4, 0.5) is 17.1 Å². The van der Waals surface area contributed by atoms with Gasteiger partial charge in [-0.05, 0) is 113 Å². The Morgan fingerprint density at radius 2 is 1.44 bits per heavy atom. The van der Waals surface area contributed by atoms with Crippen LogP contribution < -0.4 is 4.90 Å². The predicted molar refractivity (Wildman–Crippen MR) is 201 cm³/mol. The van der Waals surface area contributed by atoms with E-state index in [-0.39, 0.29) is 5.92 Å². The number of para-hydroxylation sites is 1. The van der Waals surface area contributed by atoms with Gasteiger partial charge in [0.05, 0.1) is 5.69 Å². The monoisotopic (exact) mass is 613 g/mol. The standard InChI is InChI=1S/C47H35N/c1-3-13-38(14-4-1)44(46-23-11-17-39-15-7-9-21-43(39)46)34-27-35-25-28-36(29-26-35)37-30-32-42(33-31-37)48(41-19-5-2-6-20-41)47-24-12-18-40-16-8-10-22-45(40)47/h1-3,5-7,9-13,15,17-25,28-33,35,44H,26-27,34H2. The zero-order valence-electron chi connectivity index (χ0n) is 26.8. The van der Waals surface area contributed by atoms with E-state index < -0.39 is 0 Å². The number of hydrogen-bond acceptors (Lipinski definition) is 1. The van der Waals surface area contributed by atoms with Gasteiger partial charge < -0.3 is 4.90 Å². The zero-order valence-corrected chi connectivity index (χ0v) is 26.8. The summed E-state index contributed by atoms with van der Waals surface area (Å²) >= 11 is 0. The van der Waals surface area contributed by atoms with E-state index in [2.05, 4.69) is 181 Å². The van der Waals surface area contributed by atoms with E-state index in [0.29, 0.717) is 5.92 Å². The molecule has 0 amide bonds. The molecule has 0 spiro atoms. The molecule has 1 aliphatic rings. The van der Waals surface area contributed by atoms with Crippen molar-refractivity contribution in [2.24, 2.45) is 5.92 Å². The van der Waals surface area contributed by atoms with Crippen LogP contribution in [0.15, 0.2) is 164 Å². The summed E-state index contributed by atoms with van der Waals surface area (Å²) < 4.78 is 0. The molecule has 0 aliphatic heterocycles. The first kappa shape index (κ1) is 29.4. The normalized spacial score (nSPS) is 14.6. The molecular formula is C47H35N. The molecule has 1 aliphatic carbocycles. The molecule has 0 radical (unpaired) electrons. The maximum Gasteiger partial charge on any atom is 0.0546 e. The molecule has 2 unspecified atom stereocenters. The van der Waals surface area contributed by atoms with Gasteiger partial charge in [0.1, 0.15) is 0 Å². The Balaban J connectivity index is 1.01. The summed E-state index contributed by atoms with van der Waals surface area (Å²) in [6.45, 7) is 0. The first-order valence-corrected chi connectivity index (χ1v) is 16.8. The minimum Gasteiger partial charge on any atom is -0.310 e. The van der Waals surface area contributed by atoms with Gasteiger partial charge in [-0.2, -0.15) is 0 Å². The van der Waals surface area contributed by atoms with Gasteiger partial charge in [0, 0.05) is 33.6 Å². The lowest BCUT2D eigenvalue weighted by molar-refractivity contribution is 0.538. The minimum atomic E-state index is 0.283. The summed E-state index contributed by atoms with van der Waals surface area (Å²) in [4.78, 5) is 2.33. The average Bonchev–Trinajstić information content (AvgIpc) is 3.17. The van der Waals surface area contributed by atoms with E-state index in [1.165, 1.54) is 33.0 Å². The smallest absolute Gasteiger partial charge is 0.0546 e. The third-order valence-corrected chi connectivity index (χ3v) is 9.60. The van der Waals surface area contributed by atoms with Crippen LogP contribution in [0.25, 0.3) is 27.1 Å². The van der Waals surface area contributed by atoms with Crippen LogP contribution in [0.5, 0.6) is 0 Å². The average molecular weight is 614 g/mol. The van der Waals surface area contributed by atoms with Gasteiger partial charge in [-0.15, -0.1) is 0 Å². The first-order valence-electron chi connectivity index (χ1n) is 16.8. The topological polar surface area (TPSA) is 3.24 Å². The molecule has 0 aromatic heterocycles. The molecule has 7 aromatic carbocycles. The Bertz CT molecular complexity index is 2200. The van der Waals surface area contributed by atoms with Gasteiger partial charge in [-0.1, -0.05) is 127 Å². The van der Waals surface area contributed by atoms with Crippen LogP contribution >= 0.6 is 0 Å². The molecular weight excluding hydrogens is 579 g/mol. The summed E-state index contributed by atoms with van der Waals surface area (Å²) in [5.74, 6) is 0.789. The Kier molecular flexibility index (Phi) is 8.19. The van der Waals surface area contributed by atoms with Crippen LogP contribution in [-0.2, 0) is 0 Å². The third-order valence-electron chi connectivity index (χ3n) is 9.60. The van der Waals surface area contributed by atoms with Gasteiger partial charge >= 0.3 is 0 Å². The molecule has 7 aromatic rings. The fourth-order valence-electron chi connectivity index (χ4n) is 7.16.